The molecule has 0 radical (unpaired) electrons. The highest BCUT2D eigenvalue weighted by atomic mass is 15.1. The normalized spacial score (nSPS) is 11.7. The van der Waals surface area contributed by atoms with E-state index in [1.807, 2.05) is 12.1 Å². The van der Waals surface area contributed by atoms with Crippen molar-refractivity contribution in [1.29, 1.82) is 0 Å². The molecule has 0 fully saturated rings. The molecule has 112 valence electrons. The first kappa shape index (κ1) is 15.8. The molecule has 2 rings (SSSR count). The lowest BCUT2D eigenvalue weighted by Crippen LogP contribution is -2.13. The Morgan fingerprint density at radius 3 is 2.32 bits per heavy atom. The molecule has 0 bridgehead atoms. The third-order valence-corrected chi connectivity index (χ3v) is 3.80. The zero-order valence-electron chi connectivity index (χ0n) is 13.6. The third-order valence-electron chi connectivity index (χ3n) is 3.80. The van der Waals surface area contributed by atoms with Gasteiger partial charge in [0.1, 0.15) is 0 Å². The maximum absolute atomic E-state index is 4.16. The van der Waals surface area contributed by atoms with Gasteiger partial charge in [0, 0.05) is 18.4 Å². The van der Waals surface area contributed by atoms with Crippen LogP contribution >= 0.6 is 0 Å². The topological polar surface area (TPSA) is 3.24 Å². The molecule has 0 aliphatic heterocycles. The first-order valence-corrected chi connectivity index (χ1v) is 7.48. The summed E-state index contributed by atoms with van der Waals surface area (Å²) < 4.78 is 0. The monoisotopic (exact) mass is 289 g/mol. The van der Waals surface area contributed by atoms with Crippen molar-refractivity contribution in [3.8, 4) is 0 Å². The van der Waals surface area contributed by atoms with Crippen molar-refractivity contribution in [2.24, 2.45) is 0 Å². The molecule has 0 aromatic heterocycles. The molecule has 0 unspecified atom stereocenters. The van der Waals surface area contributed by atoms with Crippen LogP contribution in [0, 0.1) is 6.92 Å². The van der Waals surface area contributed by atoms with Gasteiger partial charge in [-0.1, -0.05) is 61.2 Å². The van der Waals surface area contributed by atoms with Crippen LogP contribution in [0.2, 0.25) is 0 Å². The molecule has 0 aliphatic rings. The summed E-state index contributed by atoms with van der Waals surface area (Å²) in [6, 6.07) is 18.7. The first-order valence-electron chi connectivity index (χ1n) is 7.48. The molecular weight excluding hydrogens is 266 g/mol. The predicted octanol–water partition coefficient (Wildman–Crippen LogP) is 5.60. The van der Waals surface area contributed by atoms with Crippen molar-refractivity contribution in [1.82, 2.24) is 0 Å². The van der Waals surface area contributed by atoms with Crippen LogP contribution in [0.5, 0.6) is 0 Å². The van der Waals surface area contributed by atoms with E-state index in [1.165, 1.54) is 22.5 Å². The smallest absolute Gasteiger partial charge is 0.0405 e. The van der Waals surface area contributed by atoms with E-state index in [1.54, 1.807) is 0 Å². The van der Waals surface area contributed by atoms with E-state index in [9.17, 15) is 0 Å². The summed E-state index contributed by atoms with van der Waals surface area (Å²) in [5.74, 6) is 0. The molecule has 22 heavy (non-hydrogen) atoms. The molecule has 0 N–H and O–H groups in total. The highest BCUT2D eigenvalue weighted by molar-refractivity contribution is 5.74. The number of hydrogen-bond acceptors (Lipinski definition) is 1. The number of para-hydroxylation sites is 1. The summed E-state index contributed by atoms with van der Waals surface area (Å²) in [4.78, 5) is 2.17. The second-order valence-corrected chi connectivity index (χ2v) is 5.40. The Morgan fingerprint density at radius 2 is 1.64 bits per heavy atom. The number of nitrogens with zero attached hydrogens (tertiary/aromatic N) is 1. The van der Waals surface area contributed by atoms with Crippen molar-refractivity contribution in [2.45, 2.75) is 13.8 Å². The van der Waals surface area contributed by atoms with Crippen molar-refractivity contribution < 1.29 is 0 Å². The number of aryl methyl sites for hydroxylation is 1. The highest BCUT2D eigenvalue weighted by Gasteiger charge is 2.01. The van der Waals surface area contributed by atoms with Gasteiger partial charge in [-0.05, 0) is 48.8 Å². The second kappa shape index (κ2) is 7.46. The van der Waals surface area contributed by atoms with E-state index < -0.39 is 0 Å². The fourth-order valence-electron chi connectivity index (χ4n) is 2.29. The van der Waals surface area contributed by atoms with Crippen LogP contribution in [0.4, 0.5) is 5.69 Å². The fraction of sp³-hybridized carbons (Fsp3) is 0.143. The minimum Gasteiger partial charge on any atom is -0.348 e. The van der Waals surface area contributed by atoms with E-state index in [2.05, 4.69) is 93.1 Å². The summed E-state index contributed by atoms with van der Waals surface area (Å²) >= 11 is 0. The molecule has 2 aromatic rings. The molecule has 1 nitrogen and oxygen atoms in total. The van der Waals surface area contributed by atoms with E-state index in [4.69, 9.17) is 0 Å². The molecule has 0 amide bonds. The van der Waals surface area contributed by atoms with Crippen LogP contribution in [-0.2, 0) is 0 Å². The quantitative estimate of drug-likeness (QED) is 0.647. The SMILES string of the molecule is C=C(/C=C\C=C(/C)N(C)c1ccccc1)c1ccccc1C. The largest absolute Gasteiger partial charge is 0.348 e. The van der Waals surface area contributed by atoms with Gasteiger partial charge in [-0.25, -0.2) is 0 Å². The van der Waals surface area contributed by atoms with Gasteiger partial charge in [0.05, 0.1) is 0 Å². The van der Waals surface area contributed by atoms with Crippen LogP contribution in [-0.4, -0.2) is 7.05 Å². The molecule has 0 aliphatic carbocycles. The Hall–Kier alpha value is -2.54. The standard InChI is InChI=1S/C21H23N/c1-17-11-8-9-16-21(17)18(2)12-10-13-19(3)22(4)20-14-6-5-7-15-20/h5-16H,2H2,1,3-4H3/b12-10-,19-13+. The number of allylic oxidation sites excluding steroid dienone is 5. The molecule has 0 atom stereocenters. The zero-order chi connectivity index (χ0) is 15.9. The van der Waals surface area contributed by atoms with Gasteiger partial charge >= 0.3 is 0 Å². The van der Waals surface area contributed by atoms with Gasteiger partial charge in [0.25, 0.3) is 0 Å². The first-order chi connectivity index (χ1) is 10.6. The Labute approximate surface area is 133 Å². The van der Waals surface area contributed by atoms with Gasteiger partial charge in [-0.2, -0.15) is 0 Å². The molecule has 0 saturated heterocycles. The van der Waals surface area contributed by atoms with Crippen molar-refractivity contribution in [2.75, 3.05) is 11.9 Å². The lowest BCUT2D eigenvalue weighted by Gasteiger charge is -2.19. The van der Waals surface area contributed by atoms with Crippen molar-refractivity contribution in [3.63, 3.8) is 0 Å². The minimum absolute atomic E-state index is 1.03. The van der Waals surface area contributed by atoms with E-state index >= 15 is 0 Å². The molecule has 2 aromatic carbocycles. The highest BCUT2D eigenvalue weighted by Crippen LogP contribution is 2.19. The maximum Gasteiger partial charge on any atom is 0.0405 e. The Bertz CT molecular complexity index is 693. The fourth-order valence-corrected chi connectivity index (χ4v) is 2.29. The number of hydrogen-bond donors (Lipinski definition) is 0. The minimum atomic E-state index is 1.03. The number of benzene rings is 2. The van der Waals surface area contributed by atoms with Crippen LogP contribution < -0.4 is 4.90 Å². The molecule has 0 saturated carbocycles. The molecule has 1 heteroatoms. The van der Waals surface area contributed by atoms with Crippen LogP contribution in [0.1, 0.15) is 18.1 Å². The van der Waals surface area contributed by atoms with Gasteiger partial charge in [0.2, 0.25) is 0 Å². The summed E-state index contributed by atoms with van der Waals surface area (Å²) in [5, 5.41) is 0. The second-order valence-electron chi connectivity index (χ2n) is 5.40. The van der Waals surface area contributed by atoms with E-state index in [0.717, 1.165) is 5.57 Å². The van der Waals surface area contributed by atoms with Crippen LogP contribution in [0.15, 0.2) is 85.1 Å². The average molecular weight is 289 g/mol. The summed E-state index contributed by atoms with van der Waals surface area (Å²) in [5.41, 5.74) is 5.84. The average Bonchev–Trinajstić information content (AvgIpc) is 2.55. The molecule has 0 spiro atoms. The zero-order valence-corrected chi connectivity index (χ0v) is 13.6. The van der Waals surface area contributed by atoms with Crippen LogP contribution in [0.25, 0.3) is 5.57 Å². The van der Waals surface area contributed by atoms with Gasteiger partial charge in [-0.3, -0.25) is 0 Å². The van der Waals surface area contributed by atoms with Crippen molar-refractivity contribution >= 4 is 11.3 Å². The van der Waals surface area contributed by atoms with Gasteiger partial charge in [0.15, 0.2) is 0 Å². The Balaban J connectivity index is 2.07. The lowest BCUT2D eigenvalue weighted by molar-refractivity contribution is 1.09. The Morgan fingerprint density at radius 1 is 1.00 bits per heavy atom. The Kier molecular flexibility index (Phi) is 5.37. The number of anilines is 1. The van der Waals surface area contributed by atoms with Gasteiger partial charge < -0.3 is 4.90 Å². The summed E-state index contributed by atoms with van der Waals surface area (Å²) in [7, 11) is 2.07. The molecular formula is C21H23N. The van der Waals surface area contributed by atoms with E-state index in [0.29, 0.717) is 0 Å². The summed E-state index contributed by atoms with van der Waals surface area (Å²) in [6.07, 6.45) is 6.23. The number of rotatable bonds is 5. The van der Waals surface area contributed by atoms with Crippen LogP contribution in [0.3, 0.4) is 0 Å². The third kappa shape index (κ3) is 3.98. The lowest BCUT2D eigenvalue weighted by atomic mass is 10.0. The molecule has 0 heterocycles. The predicted molar refractivity (Wildman–Crippen MR) is 98.0 cm³/mol. The summed E-state index contributed by atoms with van der Waals surface area (Å²) in [6.45, 7) is 8.37. The maximum atomic E-state index is 4.16. The van der Waals surface area contributed by atoms with Crippen molar-refractivity contribution in [3.05, 3.63) is 96.2 Å². The van der Waals surface area contributed by atoms with E-state index in [-0.39, 0.29) is 0 Å². The van der Waals surface area contributed by atoms with Gasteiger partial charge in [-0.15, -0.1) is 0 Å².